The molecule has 1 fully saturated rings. The van der Waals surface area contributed by atoms with Crippen molar-refractivity contribution in [3.05, 3.63) is 29.3 Å². The van der Waals surface area contributed by atoms with Gasteiger partial charge in [-0.2, -0.15) is 13.2 Å². The van der Waals surface area contributed by atoms with Gasteiger partial charge in [0.15, 0.2) is 15.8 Å². The Morgan fingerprint density at radius 1 is 1.40 bits per heavy atom. The van der Waals surface area contributed by atoms with Gasteiger partial charge < -0.3 is 15.4 Å². The summed E-state index contributed by atoms with van der Waals surface area (Å²) in [6.07, 6.45) is -4.07. The van der Waals surface area contributed by atoms with Crippen molar-refractivity contribution in [2.45, 2.75) is 25.2 Å². The maximum atomic E-state index is 13.2. The molecule has 2 rings (SSSR count). The number of aliphatic imine (C=N–C) groups is 1. The maximum Gasteiger partial charge on any atom is 0.416 e. The molecule has 2 N–H and O–H groups in total. The third-order valence-corrected chi connectivity index (χ3v) is 5.63. The van der Waals surface area contributed by atoms with Gasteiger partial charge in [0.2, 0.25) is 0 Å². The fourth-order valence-corrected chi connectivity index (χ4v) is 4.25. The van der Waals surface area contributed by atoms with Crippen molar-refractivity contribution >= 4 is 15.8 Å². The summed E-state index contributed by atoms with van der Waals surface area (Å²) in [7, 11) is -0.288. The summed E-state index contributed by atoms with van der Waals surface area (Å²) < 4.78 is 67.3. The number of hydrogen-bond acceptors (Lipinski definition) is 4. The van der Waals surface area contributed by atoms with E-state index in [0.717, 1.165) is 6.07 Å². The summed E-state index contributed by atoms with van der Waals surface area (Å²) in [6, 6.07) is 3.43. The first-order chi connectivity index (χ1) is 11.6. The first-order valence-electron chi connectivity index (χ1n) is 7.56. The van der Waals surface area contributed by atoms with Gasteiger partial charge in [0.25, 0.3) is 0 Å². The minimum absolute atomic E-state index is 0.00988. The maximum absolute atomic E-state index is 13.2. The van der Waals surface area contributed by atoms with Gasteiger partial charge in [-0.1, -0.05) is 6.07 Å². The molecule has 0 bridgehead atoms. The minimum Gasteiger partial charge on any atom is -0.497 e. The van der Waals surface area contributed by atoms with Crippen LogP contribution in [0.15, 0.2) is 23.2 Å². The molecule has 25 heavy (non-hydrogen) atoms. The number of halogens is 3. The lowest BCUT2D eigenvalue weighted by atomic mass is 10.1. The normalized spacial score (nSPS) is 20.4. The highest BCUT2D eigenvalue weighted by Crippen LogP contribution is 2.34. The number of nitrogens with one attached hydrogen (secondary N) is 2. The van der Waals surface area contributed by atoms with Crippen LogP contribution in [0.1, 0.15) is 17.5 Å². The largest absolute Gasteiger partial charge is 0.497 e. The van der Waals surface area contributed by atoms with E-state index < -0.39 is 21.6 Å². The Kier molecular flexibility index (Phi) is 5.81. The lowest BCUT2D eigenvalue weighted by Crippen LogP contribution is -2.43. The summed E-state index contributed by atoms with van der Waals surface area (Å²) >= 11 is 0. The third-order valence-electron chi connectivity index (χ3n) is 3.87. The summed E-state index contributed by atoms with van der Waals surface area (Å²) in [5, 5.41) is 5.72. The van der Waals surface area contributed by atoms with Crippen molar-refractivity contribution in [1.82, 2.24) is 10.6 Å². The summed E-state index contributed by atoms with van der Waals surface area (Å²) in [5.41, 5.74) is -0.756. The minimum atomic E-state index is -4.51. The van der Waals surface area contributed by atoms with E-state index in [2.05, 4.69) is 15.6 Å². The number of alkyl halides is 3. The lowest BCUT2D eigenvalue weighted by molar-refractivity contribution is -0.138. The van der Waals surface area contributed by atoms with Crippen molar-refractivity contribution in [2.75, 3.05) is 25.7 Å². The van der Waals surface area contributed by atoms with Crippen molar-refractivity contribution in [3.8, 4) is 5.75 Å². The molecule has 0 radical (unpaired) electrons. The molecule has 1 aromatic carbocycles. The van der Waals surface area contributed by atoms with Crippen LogP contribution in [0.2, 0.25) is 0 Å². The Morgan fingerprint density at radius 2 is 2.12 bits per heavy atom. The van der Waals surface area contributed by atoms with Crippen molar-refractivity contribution in [3.63, 3.8) is 0 Å². The molecule has 1 atom stereocenters. The van der Waals surface area contributed by atoms with Gasteiger partial charge in [0, 0.05) is 19.6 Å². The fraction of sp³-hybridized carbons (Fsp3) is 0.533. The molecule has 140 valence electrons. The van der Waals surface area contributed by atoms with Crippen molar-refractivity contribution < 1.29 is 26.3 Å². The Morgan fingerprint density at radius 3 is 2.64 bits per heavy atom. The lowest BCUT2D eigenvalue weighted by Gasteiger charge is -2.18. The molecule has 1 aromatic rings. The Balaban J connectivity index is 2.06. The van der Waals surface area contributed by atoms with E-state index in [1.54, 1.807) is 0 Å². The van der Waals surface area contributed by atoms with E-state index in [4.69, 9.17) is 4.74 Å². The van der Waals surface area contributed by atoms with Crippen LogP contribution in [0.3, 0.4) is 0 Å². The molecule has 1 aliphatic rings. The average Bonchev–Trinajstić information content (AvgIpc) is 2.89. The number of nitrogens with zero attached hydrogens (tertiary/aromatic N) is 1. The Bertz CT molecular complexity index is 748. The molecule has 6 nitrogen and oxygen atoms in total. The van der Waals surface area contributed by atoms with Gasteiger partial charge in [-0.05, 0) is 24.1 Å². The molecule has 10 heteroatoms. The fourth-order valence-electron chi connectivity index (χ4n) is 2.58. The molecule has 0 spiro atoms. The number of ether oxygens (including phenoxy) is 1. The zero-order valence-corrected chi connectivity index (χ0v) is 14.7. The molecular weight excluding hydrogens is 359 g/mol. The third kappa shape index (κ3) is 5.25. The number of methoxy groups -OCH3 is 1. The monoisotopic (exact) mass is 379 g/mol. The zero-order chi connectivity index (χ0) is 18.7. The van der Waals surface area contributed by atoms with E-state index in [9.17, 15) is 21.6 Å². The highest BCUT2D eigenvalue weighted by Gasteiger charge is 2.34. The summed E-state index contributed by atoms with van der Waals surface area (Å²) in [4.78, 5) is 3.93. The van der Waals surface area contributed by atoms with Crippen LogP contribution in [0.5, 0.6) is 5.75 Å². The van der Waals surface area contributed by atoms with Crippen LogP contribution < -0.4 is 15.4 Å². The zero-order valence-electron chi connectivity index (χ0n) is 13.9. The van der Waals surface area contributed by atoms with Crippen LogP contribution in [0, 0.1) is 0 Å². The SMILES string of the molecule is CN=C(NCc1ccc(OC)cc1C(F)(F)F)NC1CCS(=O)(=O)C1. The van der Waals surface area contributed by atoms with E-state index in [1.807, 2.05) is 0 Å². The van der Waals surface area contributed by atoms with Gasteiger partial charge in [0.1, 0.15) is 5.75 Å². The predicted octanol–water partition coefficient (Wildman–Crippen LogP) is 1.57. The standard InChI is InChI=1S/C15H20F3N3O3S/c1-19-14(21-11-5-6-25(22,23)9-11)20-8-10-3-4-12(24-2)7-13(10)15(16,17)18/h3-4,7,11H,5-6,8-9H2,1-2H3,(H2,19,20,21). The van der Waals surface area contributed by atoms with E-state index in [1.165, 1.54) is 26.3 Å². The van der Waals surface area contributed by atoms with Crippen LogP contribution in [-0.4, -0.2) is 46.1 Å². The highest BCUT2D eigenvalue weighted by molar-refractivity contribution is 7.91. The van der Waals surface area contributed by atoms with Crippen LogP contribution in [0.4, 0.5) is 13.2 Å². The van der Waals surface area contributed by atoms with Gasteiger partial charge >= 0.3 is 6.18 Å². The average molecular weight is 379 g/mol. The Labute approximate surface area is 144 Å². The Hall–Kier alpha value is -1.97. The van der Waals surface area contributed by atoms with Crippen molar-refractivity contribution in [2.24, 2.45) is 4.99 Å². The number of hydrogen-bond donors (Lipinski definition) is 2. The molecule has 1 unspecified atom stereocenters. The number of sulfone groups is 1. The number of benzene rings is 1. The number of rotatable bonds is 4. The molecule has 1 heterocycles. The highest BCUT2D eigenvalue weighted by atomic mass is 32.2. The molecule has 0 amide bonds. The first kappa shape index (κ1) is 19.4. The van der Waals surface area contributed by atoms with E-state index >= 15 is 0 Å². The van der Waals surface area contributed by atoms with Crippen LogP contribution in [0.25, 0.3) is 0 Å². The second kappa shape index (κ2) is 7.51. The molecule has 0 aromatic heterocycles. The van der Waals surface area contributed by atoms with Gasteiger partial charge in [-0.15, -0.1) is 0 Å². The second-order valence-corrected chi connectivity index (χ2v) is 7.92. The van der Waals surface area contributed by atoms with E-state index in [0.29, 0.717) is 6.42 Å². The topological polar surface area (TPSA) is 79.8 Å². The molecular formula is C15H20F3N3O3S. The molecule has 1 saturated heterocycles. The van der Waals surface area contributed by atoms with Crippen LogP contribution in [-0.2, 0) is 22.6 Å². The number of guanidine groups is 1. The van der Waals surface area contributed by atoms with Gasteiger partial charge in [-0.25, -0.2) is 8.42 Å². The van der Waals surface area contributed by atoms with Crippen molar-refractivity contribution in [1.29, 1.82) is 0 Å². The van der Waals surface area contributed by atoms with E-state index in [-0.39, 0.29) is 41.4 Å². The van der Waals surface area contributed by atoms with Gasteiger partial charge in [-0.3, -0.25) is 4.99 Å². The predicted molar refractivity (Wildman–Crippen MR) is 88.4 cm³/mol. The second-order valence-electron chi connectivity index (χ2n) is 5.69. The first-order valence-corrected chi connectivity index (χ1v) is 9.38. The summed E-state index contributed by atoms with van der Waals surface area (Å²) in [5.74, 6) is 0.461. The smallest absolute Gasteiger partial charge is 0.416 e. The summed E-state index contributed by atoms with van der Waals surface area (Å²) in [6.45, 7) is -0.113. The van der Waals surface area contributed by atoms with Gasteiger partial charge in [0.05, 0.1) is 24.2 Å². The quantitative estimate of drug-likeness (QED) is 0.613. The molecule has 1 aliphatic heterocycles. The van der Waals surface area contributed by atoms with Crippen LogP contribution >= 0.6 is 0 Å². The molecule has 0 saturated carbocycles. The molecule has 0 aliphatic carbocycles.